The average molecular weight is 323 g/mol. The Kier molecular flexibility index (Phi) is 5.59. The van der Waals surface area contributed by atoms with E-state index in [4.69, 9.17) is 9.84 Å². The van der Waals surface area contributed by atoms with Gasteiger partial charge in [-0.05, 0) is 29.2 Å². The molecular formula is C13H17N5O3S. The van der Waals surface area contributed by atoms with Gasteiger partial charge in [0.05, 0.1) is 7.11 Å². The maximum absolute atomic E-state index is 11.0. The molecule has 1 atom stereocenters. The molecule has 0 spiro atoms. The van der Waals surface area contributed by atoms with Gasteiger partial charge in [0.25, 0.3) is 0 Å². The molecule has 1 amide bonds. The van der Waals surface area contributed by atoms with Crippen LogP contribution in [0.1, 0.15) is 17.4 Å². The maximum atomic E-state index is 11.0. The van der Waals surface area contributed by atoms with Gasteiger partial charge < -0.3 is 15.2 Å². The van der Waals surface area contributed by atoms with E-state index in [0.29, 0.717) is 18.1 Å². The summed E-state index contributed by atoms with van der Waals surface area (Å²) in [5.41, 5.74) is 0.945. The van der Waals surface area contributed by atoms with E-state index < -0.39 is 12.1 Å². The van der Waals surface area contributed by atoms with Crippen molar-refractivity contribution in [1.82, 2.24) is 25.5 Å². The number of methoxy groups -OCH3 is 1. The Morgan fingerprint density at radius 1 is 1.45 bits per heavy atom. The van der Waals surface area contributed by atoms with Crippen LogP contribution in [-0.2, 0) is 12.3 Å². The monoisotopic (exact) mass is 323 g/mol. The van der Waals surface area contributed by atoms with Crippen molar-refractivity contribution in [3.8, 4) is 5.75 Å². The molecule has 0 unspecified atom stereocenters. The standard InChI is InChI=1S/C13H17N5O3S/c1-21-10-5-3-9(4-6-10)7-11(14-13(19)20)12-15-17-18(16-12)8-22-2/h3-6,11,14H,7-8H2,1-2H3,(H,19,20)/t11-/m0/s1. The molecule has 0 aliphatic rings. The van der Waals surface area contributed by atoms with Crippen LogP contribution in [0.4, 0.5) is 4.79 Å². The molecule has 2 aromatic rings. The van der Waals surface area contributed by atoms with Gasteiger partial charge in [-0.3, -0.25) is 0 Å². The van der Waals surface area contributed by atoms with Crippen molar-refractivity contribution in [1.29, 1.82) is 0 Å². The Labute approximate surface area is 131 Å². The van der Waals surface area contributed by atoms with Crippen molar-refractivity contribution in [3.63, 3.8) is 0 Å². The molecule has 0 saturated heterocycles. The highest BCUT2D eigenvalue weighted by Crippen LogP contribution is 2.18. The molecule has 0 saturated carbocycles. The number of tetrazole rings is 1. The summed E-state index contributed by atoms with van der Waals surface area (Å²) in [6.07, 6.45) is 1.23. The Morgan fingerprint density at radius 2 is 2.18 bits per heavy atom. The Bertz CT molecular complexity index is 616. The van der Waals surface area contributed by atoms with Crippen molar-refractivity contribution in [2.45, 2.75) is 18.3 Å². The highest BCUT2D eigenvalue weighted by atomic mass is 32.2. The maximum Gasteiger partial charge on any atom is 0.405 e. The zero-order valence-electron chi connectivity index (χ0n) is 12.3. The number of aromatic nitrogens is 4. The van der Waals surface area contributed by atoms with E-state index in [1.807, 2.05) is 30.5 Å². The fourth-order valence-electron chi connectivity index (χ4n) is 1.92. The molecule has 0 aliphatic heterocycles. The molecule has 0 aliphatic carbocycles. The van der Waals surface area contributed by atoms with Crippen molar-refractivity contribution in [3.05, 3.63) is 35.7 Å². The van der Waals surface area contributed by atoms with Gasteiger partial charge in [-0.25, -0.2) is 4.79 Å². The van der Waals surface area contributed by atoms with Crippen LogP contribution < -0.4 is 10.1 Å². The highest BCUT2D eigenvalue weighted by Gasteiger charge is 2.20. The van der Waals surface area contributed by atoms with Crippen molar-refractivity contribution in [2.24, 2.45) is 0 Å². The van der Waals surface area contributed by atoms with Gasteiger partial charge in [0.1, 0.15) is 17.7 Å². The minimum atomic E-state index is -1.13. The number of hydrogen-bond donors (Lipinski definition) is 2. The SMILES string of the molecule is COc1ccc(C[C@H](NC(=O)O)c2nnn(CSC)n2)cc1. The minimum Gasteiger partial charge on any atom is -0.497 e. The van der Waals surface area contributed by atoms with Crippen LogP contribution in [0.25, 0.3) is 0 Å². The first-order chi connectivity index (χ1) is 10.6. The fraction of sp³-hybridized carbons (Fsp3) is 0.385. The first-order valence-corrected chi connectivity index (χ1v) is 7.90. The molecule has 2 rings (SSSR count). The molecule has 0 radical (unpaired) electrons. The first kappa shape index (κ1) is 16.1. The van der Waals surface area contributed by atoms with Gasteiger partial charge in [-0.15, -0.1) is 22.0 Å². The minimum absolute atomic E-state index is 0.354. The predicted molar refractivity (Wildman–Crippen MR) is 81.9 cm³/mol. The van der Waals surface area contributed by atoms with E-state index in [1.165, 1.54) is 4.80 Å². The first-order valence-electron chi connectivity index (χ1n) is 6.51. The van der Waals surface area contributed by atoms with Gasteiger partial charge in [0.2, 0.25) is 0 Å². The van der Waals surface area contributed by atoms with Gasteiger partial charge >= 0.3 is 6.09 Å². The molecule has 8 nitrogen and oxygen atoms in total. The molecule has 0 bridgehead atoms. The number of carbonyl (C=O) groups is 1. The summed E-state index contributed by atoms with van der Waals surface area (Å²) in [5, 5.41) is 23.5. The number of nitrogens with zero attached hydrogens (tertiary/aromatic N) is 4. The van der Waals surface area contributed by atoms with Gasteiger partial charge in [0, 0.05) is 6.42 Å². The van der Waals surface area contributed by atoms with Crippen LogP contribution >= 0.6 is 11.8 Å². The third-order valence-electron chi connectivity index (χ3n) is 2.92. The lowest BCUT2D eigenvalue weighted by molar-refractivity contribution is 0.189. The second-order valence-corrected chi connectivity index (χ2v) is 5.33. The van der Waals surface area contributed by atoms with Crippen molar-refractivity contribution in [2.75, 3.05) is 13.4 Å². The van der Waals surface area contributed by atoms with E-state index in [-0.39, 0.29) is 0 Å². The number of hydrogen-bond acceptors (Lipinski definition) is 6. The number of carboxylic acid groups (broad SMARTS) is 1. The molecule has 118 valence electrons. The lowest BCUT2D eigenvalue weighted by Gasteiger charge is -2.13. The Balaban J connectivity index is 2.15. The largest absolute Gasteiger partial charge is 0.497 e. The summed E-state index contributed by atoms with van der Waals surface area (Å²) in [6.45, 7) is 0. The Morgan fingerprint density at radius 3 is 2.77 bits per heavy atom. The highest BCUT2D eigenvalue weighted by molar-refractivity contribution is 7.97. The molecule has 22 heavy (non-hydrogen) atoms. The predicted octanol–water partition coefficient (Wildman–Crippen LogP) is 1.55. The summed E-state index contributed by atoms with van der Waals surface area (Å²) < 4.78 is 5.10. The van der Waals surface area contributed by atoms with Gasteiger partial charge in [0.15, 0.2) is 5.82 Å². The third kappa shape index (κ3) is 4.35. The van der Waals surface area contributed by atoms with Crippen LogP contribution in [0.15, 0.2) is 24.3 Å². The van der Waals surface area contributed by atoms with E-state index in [2.05, 4.69) is 20.7 Å². The van der Waals surface area contributed by atoms with Crippen LogP contribution in [0.3, 0.4) is 0 Å². The van der Waals surface area contributed by atoms with Gasteiger partial charge in [-0.1, -0.05) is 12.1 Å². The molecule has 1 heterocycles. The van der Waals surface area contributed by atoms with E-state index in [9.17, 15) is 4.79 Å². The Hall–Kier alpha value is -2.29. The molecule has 9 heteroatoms. The molecule has 0 fully saturated rings. The van der Waals surface area contributed by atoms with Crippen LogP contribution in [-0.4, -0.2) is 44.8 Å². The molecule has 1 aromatic carbocycles. The second kappa shape index (κ2) is 7.64. The number of rotatable bonds is 7. The summed E-state index contributed by atoms with van der Waals surface area (Å²) >= 11 is 1.55. The molecular weight excluding hydrogens is 306 g/mol. The number of ether oxygens (including phenoxy) is 1. The number of amides is 1. The third-order valence-corrected chi connectivity index (χ3v) is 3.41. The molecule has 2 N–H and O–H groups in total. The summed E-state index contributed by atoms with van der Waals surface area (Å²) in [6, 6.07) is 6.85. The number of thioether (sulfide) groups is 1. The van der Waals surface area contributed by atoms with Crippen LogP contribution in [0, 0.1) is 0 Å². The van der Waals surface area contributed by atoms with Crippen LogP contribution in [0.5, 0.6) is 5.75 Å². The molecule has 1 aromatic heterocycles. The summed E-state index contributed by atoms with van der Waals surface area (Å²) in [5.74, 6) is 1.66. The van der Waals surface area contributed by atoms with Crippen molar-refractivity contribution >= 4 is 17.9 Å². The van der Waals surface area contributed by atoms with E-state index in [1.54, 1.807) is 18.9 Å². The lowest BCUT2D eigenvalue weighted by atomic mass is 10.1. The van der Waals surface area contributed by atoms with Gasteiger partial charge in [-0.2, -0.15) is 4.80 Å². The smallest absolute Gasteiger partial charge is 0.405 e. The topological polar surface area (TPSA) is 102 Å². The van der Waals surface area contributed by atoms with E-state index in [0.717, 1.165) is 11.3 Å². The zero-order chi connectivity index (χ0) is 15.9. The van der Waals surface area contributed by atoms with Crippen LogP contribution in [0.2, 0.25) is 0 Å². The van der Waals surface area contributed by atoms with Crippen molar-refractivity contribution < 1.29 is 14.6 Å². The summed E-state index contributed by atoms with van der Waals surface area (Å²) in [4.78, 5) is 12.4. The lowest BCUT2D eigenvalue weighted by Crippen LogP contribution is -2.29. The average Bonchev–Trinajstić information content (AvgIpc) is 2.96. The second-order valence-electron chi connectivity index (χ2n) is 4.49. The normalized spacial score (nSPS) is 11.9. The fourth-order valence-corrected chi connectivity index (χ4v) is 2.26. The number of benzene rings is 1. The summed E-state index contributed by atoms with van der Waals surface area (Å²) in [7, 11) is 1.60. The zero-order valence-corrected chi connectivity index (χ0v) is 13.1. The quantitative estimate of drug-likeness (QED) is 0.797. The number of nitrogens with one attached hydrogen (secondary N) is 1. The van der Waals surface area contributed by atoms with E-state index >= 15 is 0 Å².